The van der Waals surface area contributed by atoms with Crippen LogP contribution in [-0.2, 0) is 16.6 Å². The first-order chi connectivity index (χ1) is 9.12. The zero-order valence-electron chi connectivity index (χ0n) is 10.2. The van der Waals surface area contributed by atoms with Crippen LogP contribution in [0.15, 0.2) is 53.7 Å². The molecule has 98 valence electrons. The molecule has 1 aromatic carbocycles. The van der Waals surface area contributed by atoms with E-state index in [4.69, 9.17) is 5.26 Å². The smallest absolute Gasteiger partial charge is 0.240 e. The molecule has 0 aliphatic rings. The number of aromatic nitrogens is 1. The van der Waals surface area contributed by atoms with Crippen LogP contribution in [0.4, 0.5) is 0 Å². The van der Waals surface area contributed by atoms with Gasteiger partial charge in [0.2, 0.25) is 10.0 Å². The largest absolute Gasteiger partial charge is 0.353 e. The van der Waals surface area contributed by atoms with Crippen molar-refractivity contribution < 1.29 is 8.42 Å². The van der Waals surface area contributed by atoms with Gasteiger partial charge in [-0.2, -0.15) is 5.26 Å². The molecule has 0 spiro atoms. The van der Waals surface area contributed by atoms with Crippen LogP contribution in [0.5, 0.6) is 0 Å². The van der Waals surface area contributed by atoms with Crippen LogP contribution in [-0.4, -0.2) is 19.5 Å². The van der Waals surface area contributed by atoms with Crippen LogP contribution in [0.1, 0.15) is 5.56 Å². The minimum atomic E-state index is -3.51. The molecule has 19 heavy (non-hydrogen) atoms. The molecule has 0 amide bonds. The molecule has 0 fully saturated rings. The van der Waals surface area contributed by atoms with Crippen LogP contribution in [0.3, 0.4) is 0 Å². The third-order valence-corrected chi connectivity index (χ3v) is 4.10. The van der Waals surface area contributed by atoms with Crippen LogP contribution in [0, 0.1) is 11.3 Å². The third-order valence-electron chi connectivity index (χ3n) is 2.62. The van der Waals surface area contributed by atoms with E-state index in [-0.39, 0.29) is 4.90 Å². The van der Waals surface area contributed by atoms with Crippen molar-refractivity contribution in [3.63, 3.8) is 0 Å². The number of nitrogens with one attached hydrogen (secondary N) is 1. The Bertz CT molecular complexity index is 668. The van der Waals surface area contributed by atoms with Gasteiger partial charge in [-0.15, -0.1) is 0 Å². The predicted octanol–water partition coefficient (Wildman–Crippen LogP) is 1.34. The summed E-state index contributed by atoms with van der Waals surface area (Å²) in [5, 5.41) is 8.66. The Kier molecular flexibility index (Phi) is 4.00. The van der Waals surface area contributed by atoms with E-state index in [0.717, 1.165) is 0 Å². The maximum absolute atomic E-state index is 12.0. The molecule has 0 saturated carbocycles. The summed E-state index contributed by atoms with van der Waals surface area (Å²) >= 11 is 0. The zero-order chi connectivity index (χ0) is 13.7. The summed E-state index contributed by atoms with van der Waals surface area (Å²) in [5.74, 6) is 0. The van der Waals surface area contributed by atoms with E-state index in [9.17, 15) is 8.42 Å². The Labute approximate surface area is 112 Å². The normalized spacial score (nSPS) is 11.1. The lowest BCUT2D eigenvalue weighted by molar-refractivity contribution is 0.573. The molecule has 0 unspecified atom stereocenters. The van der Waals surface area contributed by atoms with Gasteiger partial charge in [-0.1, -0.05) is 0 Å². The second-order valence-electron chi connectivity index (χ2n) is 3.95. The molecule has 2 aromatic rings. The maximum atomic E-state index is 12.0. The molecule has 0 atom stereocenters. The van der Waals surface area contributed by atoms with E-state index in [0.29, 0.717) is 18.7 Å². The number of hydrogen-bond donors (Lipinski definition) is 1. The molecule has 0 saturated heterocycles. The second-order valence-corrected chi connectivity index (χ2v) is 5.72. The van der Waals surface area contributed by atoms with Gasteiger partial charge in [0.1, 0.15) is 0 Å². The number of sulfonamides is 1. The van der Waals surface area contributed by atoms with Gasteiger partial charge in [0.05, 0.1) is 16.5 Å². The summed E-state index contributed by atoms with van der Waals surface area (Å²) in [5.41, 5.74) is 0.436. The first-order valence-electron chi connectivity index (χ1n) is 5.72. The van der Waals surface area contributed by atoms with Gasteiger partial charge in [-0.05, 0) is 36.4 Å². The summed E-state index contributed by atoms with van der Waals surface area (Å²) < 4.78 is 28.3. The molecular weight excluding hydrogens is 262 g/mol. The van der Waals surface area contributed by atoms with Gasteiger partial charge in [-0.25, -0.2) is 13.1 Å². The minimum Gasteiger partial charge on any atom is -0.353 e. The Morgan fingerprint density at radius 1 is 1.16 bits per heavy atom. The van der Waals surface area contributed by atoms with Gasteiger partial charge in [0, 0.05) is 25.5 Å². The van der Waals surface area contributed by atoms with Crippen LogP contribution in [0.2, 0.25) is 0 Å². The highest BCUT2D eigenvalue weighted by Crippen LogP contribution is 2.09. The fourth-order valence-corrected chi connectivity index (χ4v) is 2.64. The Morgan fingerprint density at radius 3 is 2.37 bits per heavy atom. The number of rotatable bonds is 5. The molecule has 0 aliphatic heterocycles. The van der Waals surface area contributed by atoms with E-state index in [1.165, 1.54) is 24.3 Å². The molecule has 6 heteroatoms. The first kappa shape index (κ1) is 13.3. The summed E-state index contributed by atoms with van der Waals surface area (Å²) in [6.07, 6.45) is 3.74. The number of nitrogens with zero attached hydrogens (tertiary/aromatic N) is 2. The second kappa shape index (κ2) is 5.69. The molecule has 1 aromatic heterocycles. The van der Waals surface area contributed by atoms with Gasteiger partial charge < -0.3 is 4.57 Å². The lowest BCUT2D eigenvalue weighted by Gasteiger charge is -2.07. The molecular formula is C13H13N3O2S. The van der Waals surface area contributed by atoms with Crippen LogP contribution in [0.25, 0.3) is 0 Å². The lowest BCUT2D eigenvalue weighted by Crippen LogP contribution is -2.27. The molecule has 0 bridgehead atoms. The molecule has 1 heterocycles. The van der Waals surface area contributed by atoms with E-state index in [2.05, 4.69) is 4.72 Å². The lowest BCUT2D eigenvalue weighted by atomic mass is 10.2. The molecule has 2 rings (SSSR count). The van der Waals surface area contributed by atoms with Crippen molar-refractivity contribution in [3.8, 4) is 6.07 Å². The van der Waals surface area contributed by atoms with Gasteiger partial charge in [-0.3, -0.25) is 0 Å². The monoisotopic (exact) mass is 275 g/mol. The first-order valence-corrected chi connectivity index (χ1v) is 7.21. The van der Waals surface area contributed by atoms with Crippen LogP contribution >= 0.6 is 0 Å². The van der Waals surface area contributed by atoms with Crippen molar-refractivity contribution in [1.82, 2.24) is 9.29 Å². The van der Waals surface area contributed by atoms with Gasteiger partial charge in [0.25, 0.3) is 0 Å². The van der Waals surface area contributed by atoms with Crippen molar-refractivity contribution >= 4 is 10.0 Å². The van der Waals surface area contributed by atoms with E-state index < -0.39 is 10.0 Å². The third kappa shape index (κ3) is 3.44. The summed E-state index contributed by atoms with van der Waals surface area (Å²) in [7, 11) is -3.51. The van der Waals surface area contributed by atoms with Gasteiger partial charge in [0.15, 0.2) is 0 Å². The predicted molar refractivity (Wildman–Crippen MR) is 70.8 cm³/mol. The van der Waals surface area contributed by atoms with E-state index in [1.807, 2.05) is 35.2 Å². The Hall–Kier alpha value is -2.10. The van der Waals surface area contributed by atoms with Crippen molar-refractivity contribution in [2.75, 3.05) is 6.54 Å². The number of nitriles is 1. The zero-order valence-corrected chi connectivity index (χ0v) is 11.0. The van der Waals surface area contributed by atoms with Crippen molar-refractivity contribution in [3.05, 3.63) is 54.4 Å². The molecule has 0 radical (unpaired) electrons. The van der Waals surface area contributed by atoms with Crippen molar-refractivity contribution in [1.29, 1.82) is 5.26 Å². The van der Waals surface area contributed by atoms with Crippen molar-refractivity contribution in [2.24, 2.45) is 0 Å². The maximum Gasteiger partial charge on any atom is 0.240 e. The van der Waals surface area contributed by atoms with E-state index in [1.54, 1.807) is 0 Å². The highest BCUT2D eigenvalue weighted by atomic mass is 32.2. The van der Waals surface area contributed by atoms with E-state index >= 15 is 0 Å². The summed E-state index contributed by atoms with van der Waals surface area (Å²) in [4.78, 5) is 0.166. The molecule has 1 N–H and O–H groups in total. The Balaban J connectivity index is 1.99. The average Bonchev–Trinajstić information content (AvgIpc) is 2.92. The average molecular weight is 275 g/mol. The van der Waals surface area contributed by atoms with Crippen LogP contribution < -0.4 is 4.72 Å². The fourth-order valence-electron chi connectivity index (χ4n) is 1.62. The number of hydrogen-bond acceptors (Lipinski definition) is 3. The van der Waals surface area contributed by atoms with Crippen molar-refractivity contribution in [2.45, 2.75) is 11.4 Å². The SMILES string of the molecule is N#Cc1ccc(S(=O)(=O)NCCn2cccc2)cc1. The highest BCUT2D eigenvalue weighted by molar-refractivity contribution is 7.89. The molecule has 5 nitrogen and oxygen atoms in total. The minimum absolute atomic E-state index is 0.166. The topological polar surface area (TPSA) is 74.9 Å². The fraction of sp³-hybridized carbons (Fsp3) is 0.154. The number of benzene rings is 1. The highest BCUT2D eigenvalue weighted by Gasteiger charge is 2.12. The summed E-state index contributed by atoms with van der Waals surface area (Å²) in [6, 6.07) is 11.5. The molecule has 0 aliphatic carbocycles. The summed E-state index contributed by atoms with van der Waals surface area (Å²) in [6.45, 7) is 0.888. The Morgan fingerprint density at radius 2 is 1.79 bits per heavy atom. The van der Waals surface area contributed by atoms with Gasteiger partial charge >= 0.3 is 0 Å². The standard InChI is InChI=1S/C13H13N3O2S/c14-11-12-3-5-13(6-4-12)19(17,18)15-7-10-16-8-1-2-9-16/h1-6,8-9,15H,7,10H2. The quantitative estimate of drug-likeness (QED) is 0.894.